The van der Waals surface area contributed by atoms with Gasteiger partial charge in [0.1, 0.15) is 12.4 Å². The molecule has 1 aliphatic rings. The van der Waals surface area contributed by atoms with E-state index in [0.717, 1.165) is 40.6 Å². The van der Waals surface area contributed by atoms with Gasteiger partial charge in [0, 0.05) is 6.42 Å². The van der Waals surface area contributed by atoms with Gasteiger partial charge in [0.25, 0.3) is 0 Å². The normalized spacial score (nSPS) is 15.9. The molecule has 0 spiro atoms. The fourth-order valence-corrected chi connectivity index (χ4v) is 2.75. The van der Waals surface area contributed by atoms with E-state index in [-0.39, 0.29) is 0 Å². The van der Waals surface area contributed by atoms with Crippen LogP contribution in [0.25, 0.3) is 0 Å². The van der Waals surface area contributed by atoms with Crippen molar-refractivity contribution < 1.29 is 9.84 Å². The van der Waals surface area contributed by atoms with E-state index in [2.05, 4.69) is 15.9 Å². The van der Waals surface area contributed by atoms with Crippen LogP contribution < -0.4 is 4.74 Å². The number of benzene rings is 2. The maximum Gasteiger partial charge on any atom is 0.134 e. The lowest BCUT2D eigenvalue weighted by Crippen LogP contribution is -2.10. The number of hydrogen-bond donors (Lipinski definition) is 1. The van der Waals surface area contributed by atoms with Crippen LogP contribution in [0.1, 0.15) is 24.0 Å². The zero-order valence-corrected chi connectivity index (χ0v) is 12.8. The number of halogens is 1. The van der Waals surface area contributed by atoms with Gasteiger partial charge in [0.2, 0.25) is 0 Å². The minimum atomic E-state index is -0.453. The SMILES string of the molecule is OC1(Cc2ccc(OCc3ccccc3)c(Br)c2)CC1. The Morgan fingerprint density at radius 2 is 1.80 bits per heavy atom. The fourth-order valence-electron chi connectivity index (χ4n) is 2.21. The van der Waals surface area contributed by atoms with Gasteiger partial charge in [-0.15, -0.1) is 0 Å². The summed E-state index contributed by atoms with van der Waals surface area (Å²) >= 11 is 3.54. The summed E-state index contributed by atoms with van der Waals surface area (Å²) in [5.74, 6) is 0.834. The second-order valence-electron chi connectivity index (χ2n) is 5.44. The molecule has 3 heteroatoms. The molecule has 20 heavy (non-hydrogen) atoms. The van der Waals surface area contributed by atoms with E-state index in [0.29, 0.717) is 6.61 Å². The number of aliphatic hydroxyl groups is 1. The molecule has 1 fully saturated rings. The van der Waals surface area contributed by atoms with Gasteiger partial charge in [-0.3, -0.25) is 0 Å². The molecule has 3 rings (SSSR count). The van der Waals surface area contributed by atoms with E-state index in [4.69, 9.17) is 4.74 Å². The highest BCUT2D eigenvalue weighted by Crippen LogP contribution is 2.39. The predicted octanol–water partition coefficient (Wildman–Crippen LogP) is 4.10. The van der Waals surface area contributed by atoms with Crippen LogP contribution in [-0.2, 0) is 13.0 Å². The molecule has 0 atom stereocenters. The van der Waals surface area contributed by atoms with Crippen molar-refractivity contribution in [3.8, 4) is 5.75 Å². The first kappa shape index (κ1) is 13.7. The second-order valence-corrected chi connectivity index (χ2v) is 6.29. The number of ether oxygens (including phenoxy) is 1. The second kappa shape index (κ2) is 5.58. The third kappa shape index (κ3) is 3.41. The van der Waals surface area contributed by atoms with Gasteiger partial charge in [-0.05, 0) is 52.0 Å². The van der Waals surface area contributed by atoms with Gasteiger partial charge in [-0.1, -0.05) is 36.4 Å². The monoisotopic (exact) mass is 332 g/mol. The zero-order valence-electron chi connectivity index (χ0n) is 11.2. The predicted molar refractivity (Wildman–Crippen MR) is 82.8 cm³/mol. The van der Waals surface area contributed by atoms with Crippen molar-refractivity contribution in [2.75, 3.05) is 0 Å². The maximum atomic E-state index is 9.95. The van der Waals surface area contributed by atoms with Gasteiger partial charge < -0.3 is 9.84 Å². The van der Waals surface area contributed by atoms with Crippen LogP contribution >= 0.6 is 15.9 Å². The molecule has 2 nitrogen and oxygen atoms in total. The van der Waals surface area contributed by atoms with Crippen LogP contribution in [0.3, 0.4) is 0 Å². The lowest BCUT2D eigenvalue weighted by Gasteiger charge is -2.12. The molecular weight excluding hydrogens is 316 g/mol. The molecule has 2 aromatic rings. The summed E-state index contributed by atoms with van der Waals surface area (Å²) in [6.45, 7) is 0.558. The summed E-state index contributed by atoms with van der Waals surface area (Å²) in [6.07, 6.45) is 2.55. The molecule has 1 aliphatic carbocycles. The van der Waals surface area contributed by atoms with Crippen molar-refractivity contribution in [3.05, 3.63) is 64.1 Å². The lowest BCUT2D eigenvalue weighted by atomic mass is 10.1. The van der Waals surface area contributed by atoms with Gasteiger partial charge in [-0.25, -0.2) is 0 Å². The summed E-state index contributed by atoms with van der Waals surface area (Å²) in [4.78, 5) is 0. The van der Waals surface area contributed by atoms with Crippen LogP contribution in [0.15, 0.2) is 53.0 Å². The highest BCUT2D eigenvalue weighted by Gasteiger charge is 2.40. The average molecular weight is 333 g/mol. The molecule has 0 aromatic heterocycles. The summed E-state index contributed by atoms with van der Waals surface area (Å²) in [6, 6.07) is 16.1. The van der Waals surface area contributed by atoms with Crippen LogP contribution in [0.2, 0.25) is 0 Å². The highest BCUT2D eigenvalue weighted by atomic mass is 79.9. The molecule has 0 heterocycles. The van der Waals surface area contributed by atoms with Crippen molar-refractivity contribution >= 4 is 15.9 Å². The molecule has 2 aromatic carbocycles. The first-order valence-electron chi connectivity index (χ1n) is 6.82. The van der Waals surface area contributed by atoms with Gasteiger partial charge in [-0.2, -0.15) is 0 Å². The Morgan fingerprint density at radius 3 is 2.45 bits per heavy atom. The topological polar surface area (TPSA) is 29.5 Å². The van der Waals surface area contributed by atoms with Crippen LogP contribution in [-0.4, -0.2) is 10.7 Å². The molecule has 1 saturated carbocycles. The van der Waals surface area contributed by atoms with E-state index < -0.39 is 5.60 Å². The zero-order chi connectivity index (χ0) is 14.0. The highest BCUT2D eigenvalue weighted by molar-refractivity contribution is 9.10. The van der Waals surface area contributed by atoms with E-state index in [1.807, 2.05) is 48.5 Å². The standard InChI is InChI=1S/C17H17BrO2/c18-15-10-14(11-17(19)8-9-17)6-7-16(15)20-12-13-4-2-1-3-5-13/h1-7,10,19H,8-9,11-12H2. The first-order valence-corrected chi connectivity index (χ1v) is 7.61. The van der Waals surface area contributed by atoms with E-state index in [1.54, 1.807) is 0 Å². The minimum Gasteiger partial charge on any atom is -0.488 e. The van der Waals surface area contributed by atoms with E-state index >= 15 is 0 Å². The summed E-state index contributed by atoms with van der Waals surface area (Å²) < 4.78 is 6.75. The van der Waals surface area contributed by atoms with Gasteiger partial charge in [0.15, 0.2) is 0 Å². The van der Waals surface area contributed by atoms with Crippen LogP contribution in [0.4, 0.5) is 0 Å². The van der Waals surface area contributed by atoms with Crippen LogP contribution in [0.5, 0.6) is 5.75 Å². The molecule has 0 radical (unpaired) electrons. The quantitative estimate of drug-likeness (QED) is 0.893. The maximum absolute atomic E-state index is 9.95. The molecule has 104 valence electrons. The van der Waals surface area contributed by atoms with E-state index in [1.165, 1.54) is 0 Å². The molecule has 0 aliphatic heterocycles. The van der Waals surface area contributed by atoms with Gasteiger partial charge >= 0.3 is 0 Å². The Hall–Kier alpha value is -1.32. The van der Waals surface area contributed by atoms with Crippen molar-refractivity contribution in [1.82, 2.24) is 0 Å². The minimum absolute atomic E-state index is 0.453. The third-order valence-corrected chi connectivity index (χ3v) is 4.21. The average Bonchev–Trinajstić information content (AvgIpc) is 3.16. The summed E-state index contributed by atoms with van der Waals surface area (Å²) in [5.41, 5.74) is 1.84. The number of hydrogen-bond acceptors (Lipinski definition) is 2. The summed E-state index contributed by atoms with van der Waals surface area (Å²) in [5, 5.41) is 9.95. The molecule has 0 amide bonds. The Labute approximate surface area is 127 Å². The molecule has 0 saturated heterocycles. The van der Waals surface area contributed by atoms with Crippen molar-refractivity contribution in [2.24, 2.45) is 0 Å². The van der Waals surface area contributed by atoms with Crippen molar-refractivity contribution in [1.29, 1.82) is 0 Å². The Kier molecular flexibility index (Phi) is 3.81. The summed E-state index contributed by atoms with van der Waals surface area (Å²) in [7, 11) is 0. The Bertz CT molecular complexity index is 591. The first-order chi connectivity index (χ1) is 9.65. The molecule has 0 unspecified atom stereocenters. The third-order valence-electron chi connectivity index (χ3n) is 3.59. The number of rotatable bonds is 5. The van der Waals surface area contributed by atoms with Gasteiger partial charge in [0.05, 0.1) is 10.1 Å². The smallest absolute Gasteiger partial charge is 0.134 e. The van der Waals surface area contributed by atoms with E-state index in [9.17, 15) is 5.11 Å². The van der Waals surface area contributed by atoms with Crippen LogP contribution in [0, 0.1) is 0 Å². The van der Waals surface area contributed by atoms with Crippen molar-refractivity contribution in [3.63, 3.8) is 0 Å². The van der Waals surface area contributed by atoms with Crippen molar-refractivity contribution in [2.45, 2.75) is 31.5 Å². The fraction of sp³-hybridized carbons (Fsp3) is 0.294. The lowest BCUT2D eigenvalue weighted by molar-refractivity contribution is 0.151. The molecule has 0 bridgehead atoms. The Morgan fingerprint density at radius 1 is 1.05 bits per heavy atom. The molecule has 1 N–H and O–H groups in total. The molecular formula is C17H17BrO2. The largest absolute Gasteiger partial charge is 0.488 e. The Balaban J connectivity index is 1.65.